The second kappa shape index (κ2) is 8.41. The molecule has 1 aliphatic rings. The number of benzene rings is 1. The van der Waals surface area contributed by atoms with E-state index in [4.69, 9.17) is 10.5 Å². The van der Waals surface area contributed by atoms with Crippen LogP contribution >= 0.6 is 12.4 Å². The van der Waals surface area contributed by atoms with E-state index in [-0.39, 0.29) is 42.1 Å². The van der Waals surface area contributed by atoms with Crippen molar-refractivity contribution in [3.8, 4) is 11.6 Å². The second-order valence-electron chi connectivity index (χ2n) is 5.71. The summed E-state index contributed by atoms with van der Waals surface area (Å²) in [5, 5.41) is 0. The third kappa shape index (κ3) is 4.99. The fraction of sp³-hybridized carbons (Fsp3) is 0.222. The normalized spacial score (nSPS) is 13.4. The van der Waals surface area contributed by atoms with Crippen molar-refractivity contribution >= 4 is 18.3 Å². The number of hydrogen-bond acceptors (Lipinski definition) is 4. The Hall–Kier alpha value is -2.58. The highest BCUT2D eigenvalue weighted by molar-refractivity contribution is 5.95. The Bertz CT molecular complexity index is 848. The standard InChI is InChI=1S/C18H16F3N3O2.ClH/c19-18(20,21)15-8-12(11-22)9-16(23-15)26-14-5-3-4-13(10-14)17(25)24-6-1-2-7-24;/h1-5,8-10H,6-7,11,22H2;1H. The van der Waals surface area contributed by atoms with Gasteiger partial charge in [-0.15, -0.1) is 12.4 Å². The lowest BCUT2D eigenvalue weighted by molar-refractivity contribution is -0.141. The van der Waals surface area contributed by atoms with E-state index >= 15 is 0 Å². The summed E-state index contributed by atoms with van der Waals surface area (Å²) in [6.45, 7) is 0.973. The first kappa shape index (κ1) is 20.7. The molecule has 0 saturated heterocycles. The first-order valence-electron chi connectivity index (χ1n) is 7.87. The average Bonchev–Trinajstić information content (AvgIpc) is 3.15. The van der Waals surface area contributed by atoms with Gasteiger partial charge in [0, 0.05) is 31.3 Å². The number of halogens is 4. The second-order valence-corrected chi connectivity index (χ2v) is 5.71. The molecule has 144 valence electrons. The number of rotatable bonds is 4. The van der Waals surface area contributed by atoms with Crippen molar-refractivity contribution < 1.29 is 22.7 Å². The Morgan fingerprint density at radius 2 is 1.89 bits per heavy atom. The van der Waals surface area contributed by atoms with Gasteiger partial charge in [-0.1, -0.05) is 18.2 Å². The third-order valence-corrected chi connectivity index (χ3v) is 3.80. The Labute approximate surface area is 160 Å². The zero-order valence-electron chi connectivity index (χ0n) is 14.1. The molecule has 2 heterocycles. The molecule has 0 aliphatic carbocycles. The van der Waals surface area contributed by atoms with Gasteiger partial charge in [0.25, 0.3) is 5.91 Å². The Morgan fingerprint density at radius 3 is 2.52 bits per heavy atom. The highest BCUT2D eigenvalue weighted by Gasteiger charge is 2.33. The van der Waals surface area contributed by atoms with Crippen molar-refractivity contribution in [1.29, 1.82) is 0 Å². The Morgan fingerprint density at radius 1 is 1.19 bits per heavy atom. The summed E-state index contributed by atoms with van der Waals surface area (Å²) in [5.41, 5.74) is 5.01. The van der Waals surface area contributed by atoms with Crippen LogP contribution in [0.15, 0.2) is 48.6 Å². The molecule has 2 N–H and O–H groups in total. The van der Waals surface area contributed by atoms with Gasteiger partial charge in [-0.2, -0.15) is 13.2 Å². The smallest absolute Gasteiger partial charge is 0.433 e. The summed E-state index contributed by atoms with van der Waals surface area (Å²) in [4.78, 5) is 17.5. The number of carbonyl (C=O) groups is 1. The minimum atomic E-state index is -4.61. The molecule has 0 saturated carbocycles. The topological polar surface area (TPSA) is 68.5 Å². The van der Waals surface area contributed by atoms with Gasteiger partial charge < -0.3 is 15.4 Å². The summed E-state index contributed by atoms with van der Waals surface area (Å²) in [6, 6.07) is 8.47. The van der Waals surface area contributed by atoms with Crippen molar-refractivity contribution in [2.75, 3.05) is 13.1 Å². The molecule has 1 amide bonds. The minimum absolute atomic E-state index is 0. The first-order chi connectivity index (χ1) is 12.4. The molecule has 5 nitrogen and oxygen atoms in total. The number of nitrogens with zero attached hydrogens (tertiary/aromatic N) is 2. The van der Waals surface area contributed by atoms with Gasteiger partial charge in [-0.3, -0.25) is 4.79 Å². The lowest BCUT2D eigenvalue weighted by Gasteiger charge is -2.16. The Balaban J connectivity index is 0.00000261. The number of ether oxygens (including phenoxy) is 1. The average molecular weight is 400 g/mol. The van der Waals surface area contributed by atoms with E-state index in [1.807, 2.05) is 12.2 Å². The number of aromatic nitrogens is 1. The molecule has 0 atom stereocenters. The molecule has 3 rings (SSSR count). The molecule has 0 fully saturated rings. The molecule has 1 aromatic heterocycles. The van der Waals surface area contributed by atoms with Crippen LogP contribution in [0.2, 0.25) is 0 Å². The van der Waals surface area contributed by atoms with Crippen molar-refractivity contribution in [3.05, 3.63) is 65.4 Å². The van der Waals surface area contributed by atoms with Gasteiger partial charge in [-0.05, 0) is 29.8 Å². The van der Waals surface area contributed by atoms with E-state index in [1.165, 1.54) is 12.1 Å². The summed E-state index contributed by atoms with van der Waals surface area (Å²) in [7, 11) is 0. The van der Waals surface area contributed by atoms with Gasteiger partial charge in [0.15, 0.2) is 0 Å². The summed E-state index contributed by atoms with van der Waals surface area (Å²) in [5.74, 6) is -0.189. The fourth-order valence-corrected chi connectivity index (χ4v) is 2.51. The molecule has 0 spiro atoms. The molecular formula is C18H17ClF3N3O2. The SMILES string of the molecule is Cl.NCc1cc(Oc2cccc(C(=O)N3CC=CC3)c2)nc(C(F)(F)F)c1. The lowest BCUT2D eigenvalue weighted by Crippen LogP contribution is -2.28. The fourth-order valence-electron chi connectivity index (χ4n) is 2.51. The number of nitrogens with two attached hydrogens (primary N) is 1. The number of amides is 1. The number of carbonyl (C=O) groups excluding carboxylic acids is 1. The van der Waals surface area contributed by atoms with Gasteiger partial charge in [-0.25, -0.2) is 4.98 Å². The van der Waals surface area contributed by atoms with Crippen LogP contribution in [-0.2, 0) is 12.7 Å². The predicted molar refractivity (Wildman–Crippen MR) is 95.9 cm³/mol. The number of hydrogen-bond donors (Lipinski definition) is 1. The summed E-state index contributed by atoms with van der Waals surface area (Å²) >= 11 is 0. The van der Waals surface area contributed by atoms with E-state index in [2.05, 4.69) is 4.98 Å². The molecule has 0 radical (unpaired) electrons. The van der Waals surface area contributed by atoms with Crippen LogP contribution in [0.1, 0.15) is 21.6 Å². The first-order valence-corrected chi connectivity index (χ1v) is 7.87. The number of alkyl halides is 3. The van der Waals surface area contributed by atoms with Crippen molar-refractivity contribution in [3.63, 3.8) is 0 Å². The monoisotopic (exact) mass is 399 g/mol. The molecule has 0 bridgehead atoms. The van der Waals surface area contributed by atoms with Crippen LogP contribution in [0.3, 0.4) is 0 Å². The quantitative estimate of drug-likeness (QED) is 0.794. The highest BCUT2D eigenvalue weighted by Crippen LogP contribution is 2.31. The Kier molecular flexibility index (Phi) is 6.45. The van der Waals surface area contributed by atoms with Crippen molar-refractivity contribution in [2.24, 2.45) is 5.73 Å². The zero-order valence-corrected chi connectivity index (χ0v) is 14.9. The molecule has 0 unspecified atom stereocenters. The van der Waals surface area contributed by atoms with Crippen LogP contribution < -0.4 is 10.5 Å². The molecule has 1 aromatic carbocycles. The van der Waals surface area contributed by atoms with Crippen molar-refractivity contribution in [2.45, 2.75) is 12.7 Å². The third-order valence-electron chi connectivity index (χ3n) is 3.80. The lowest BCUT2D eigenvalue weighted by atomic mass is 10.2. The van der Waals surface area contributed by atoms with E-state index < -0.39 is 11.9 Å². The van der Waals surface area contributed by atoms with Gasteiger partial charge in [0.1, 0.15) is 11.4 Å². The van der Waals surface area contributed by atoms with Crippen LogP contribution in [0.25, 0.3) is 0 Å². The molecule has 27 heavy (non-hydrogen) atoms. The highest BCUT2D eigenvalue weighted by atomic mass is 35.5. The van der Waals surface area contributed by atoms with Gasteiger partial charge in [0.2, 0.25) is 5.88 Å². The predicted octanol–water partition coefficient (Wildman–Crippen LogP) is 3.79. The number of pyridine rings is 1. The zero-order chi connectivity index (χ0) is 18.7. The van der Waals surface area contributed by atoms with Crippen LogP contribution in [0.4, 0.5) is 13.2 Å². The molecule has 9 heteroatoms. The molecule has 2 aromatic rings. The van der Waals surface area contributed by atoms with Crippen molar-refractivity contribution in [1.82, 2.24) is 9.88 Å². The molecular weight excluding hydrogens is 383 g/mol. The minimum Gasteiger partial charge on any atom is -0.439 e. The van der Waals surface area contributed by atoms with Gasteiger partial charge in [0.05, 0.1) is 0 Å². The van der Waals surface area contributed by atoms with E-state index in [0.717, 1.165) is 6.07 Å². The van der Waals surface area contributed by atoms with Gasteiger partial charge >= 0.3 is 6.18 Å². The van der Waals surface area contributed by atoms with Crippen LogP contribution in [0.5, 0.6) is 11.6 Å². The maximum atomic E-state index is 13.0. The van der Waals surface area contributed by atoms with E-state index in [0.29, 0.717) is 18.7 Å². The molecule has 1 aliphatic heterocycles. The summed E-state index contributed by atoms with van der Waals surface area (Å²) in [6.07, 6.45) is -0.831. The van der Waals surface area contributed by atoms with E-state index in [9.17, 15) is 18.0 Å². The maximum absolute atomic E-state index is 13.0. The maximum Gasteiger partial charge on any atom is 0.433 e. The summed E-state index contributed by atoms with van der Waals surface area (Å²) < 4.78 is 44.3. The van der Waals surface area contributed by atoms with Crippen LogP contribution in [-0.4, -0.2) is 28.9 Å². The largest absolute Gasteiger partial charge is 0.439 e. The van der Waals surface area contributed by atoms with Crippen LogP contribution in [0, 0.1) is 0 Å². The van der Waals surface area contributed by atoms with E-state index in [1.54, 1.807) is 23.1 Å².